The lowest BCUT2D eigenvalue weighted by Gasteiger charge is -2.19. The van der Waals surface area contributed by atoms with Crippen LogP contribution < -0.4 is 5.32 Å². The van der Waals surface area contributed by atoms with Gasteiger partial charge < -0.3 is 10.2 Å². The fourth-order valence-corrected chi connectivity index (χ4v) is 3.95. The van der Waals surface area contributed by atoms with Crippen LogP contribution in [0.1, 0.15) is 42.9 Å². The van der Waals surface area contributed by atoms with E-state index in [-0.39, 0.29) is 30.8 Å². The number of nitrogens with zero attached hydrogens (tertiary/aromatic N) is 1. The second kappa shape index (κ2) is 9.54. The molecule has 0 aromatic heterocycles. The van der Waals surface area contributed by atoms with E-state index < -0.39 is 23.6 Å². The van der Waals surface area contributed by atoms with Gasteiger partial charge in [0.2, 0.25) is 11.8 Å². The normalized spacial score (nSPS) is 19.0. The number of hydrogen-bond donors (Lipinski definition) is 1. The average molecular weight is 432 g/mol. The summed E-state index contributed by atoms with van der Waals surface area (Å²) in [5.74, 6) is -1.28. The van der Waals surface area contributed by atoms with Crippen LogP contribution >= 0.6 is 0 Å². The molecule has 2 unspecified atom stereocenters. The smallest absolute Gasteiger partial charge is 0.352 e. The van der Waals surface area contributed by atoms with Gasteiger partial charge in [0.25, 0.3) is 0 Å². The fourth-order valence-electron chi connectivity index (χ4n) is 3.95. The molecule has 1 aliphatic rings. The Bertz CT molecular complexity index is 913. The number of amides is 2. The summed E-state index contributed by atoms with van der Waals surface area (Å²) in [5, 5.41) is 2.89. The molecule has 1 heterocycles. The molecule has 7 heteroatoms. The fraction of sp³-hybridized carbons (Fsp3) is 0.417. The highest BCUT2D eigenvalue weighted by atomic mass is 19.4. The largest absolute Gasteiger partial charge is 0.416 e. The number of carbonyl (C=O) groups is 2. The highest BCUT2D eigenvalue weighted by Gasteiger charge is 2.41. The quantitative estimate of drug-likeness (QED) is 0.725. The van der Waals surface area contributed by atoms with Crippen LogP contribution in [0.15, 0.2) is 54.6 Å². The monoisotopic (exact) mass is 432 g/mol. The Balaban J connectivity index is 1.82. The van der Waals surface area contributed by atoms with Crippen molar-refractivity contribution in [2.75, 3.05) is 13.1 Å². The number of benzene rings is 2. The van der Waals surface area contributed by atoms with Gasteiger partial charge in [-0.2, -0.15) is 13.2 Å². The van der Waals surface area contributed by atoms with Crippen molar-refractivity contribution in [3.8, 4) is 0 Å². The lowest BCUT2D eigenvalue weighted by Crippen LogP contribution is -2.35. The summed E-state index contributed by atoms with van der Waals surface area (Å²) in [7, 11) is 0. The molecule has 0 aliphatic carbocycles. The first-order valence-electron chi connectivity index (χ1n) is 10.4. The van der Waals surface area contributed by atoms with E-state index in [0.717, 1.165) is 17.7 Å². The van der Waals surface area contributed by atoms with Gasteiger partial charge in [0.15, 0.2) is 0 Å². The number of likely N-dealkylation sites (tertiary alicyclic amines) is 1. The van der Waals surface area contributed by atoms with Crippen LogP contribution in [0, 0.1) is 11.8 Å². The number of carbonyl (C=O) groups excluding carboxylic acids is 2. The van der Waals surface area contributed by atoms with Gasteiger partial charge in [-0.15, -0.1) is 0 Å². The van der Waals surface area contributed by atoms with Gasteiger partial charge >= 0.3 is 6.18 Å². The molecule has 0 saturated carbocycles. The van der Waals surface area contributed by atoms with E-state index in [0.29, 0.717) is 18.5 Å². The third-order valence-corrected chi connectivity index (χ3v) is 5.54. The minimum Gasteiger partial charge on any atom is -0.352 e. The van der Waals surface area contributed by atoms with Gasteiger partial charge in [-0.3, -0.25) is 9.59 Å². The molecule has 1 N–H and O–H groups in total. The van der Waals surface area contributed by atoms with Crippen molar-refractivity contribution in [3.05, 3.63) is 71.3 Å². The zero-order valence-corrected chi connectivity index (χ0v) is 17.7. The van der Waals surface area contributed by atoms with Crippen molar-refractivity contribution in [2.45, 2.75) is 38.9 Å². The van der Waals surface area contributed by atoms with Crippen LogP contribution in [-0.2, 0) is 22.3 Å². The summed E-state index contributed by atoms with van der Waals surface area (Å²) < 4.78 is 39.7. The number of alkyl halides is 3. The van der Waals surface area contributed by atoms with Crippen LogP contribution in [0.3, 0.4) is 0 Å². The molecule has 31 heavy (non-hydrogen) atoms. The third kappa shape index (κ3) is 5.87. The highest BCUT2D eigenvalue weighted by molar-refractivity contribution is 5.83. The maximum Gasteiger partial charge on any atom is 0.416 e. The van der Waals surface area contributed by atoms with Gasteiger partial charge in [-0.05, 0) is 23.1 Å². The van der Waals surface area contributed by atoms with Gasteiger partial charge in [0.1, 0.15) is 0 Å². The zero-order valence-electron chi connectivity index (χ0n) is 17.7. The van der Waals surface area contributed by atoms with Gasteiger partial charge in [-0.1, -0.05) is 62.4 Å². The molecule has 2 aromatic carbocycles. The zero-order chi connectivity index (χ0) is 22.6. The minimum atomic E-state index is -4.47. The summed E-state index contributed by atoms with van der Waals surface area (Å²) >= 11 is 0. The Hall–Kier alpha value is -2.83. The highest BCUT2D eigenvalue weighted by Crippen LogP contribution is 2.37. The van der Waals surface area contributed by atoms with Crippen LogP contribution in [0.5, 0.6) is 0 Å². The second-order valence-electron chi connectivity index (χ2n) is 8.44. The molecule has 1 saturated heterocycles. The number of rotatable bonds is 6. The molecule has 1 fully saturated rings. The summed E-state index contributed by atoms with van der Waals surface area (Å²) in [6.07, 6.45) is -4.12. The van der Waals surface area contributed by atoms with Crippen molar-refractivity contribution in [2.24, 2.45) is 11.8 Å². The predicted octanol–water partition coefficient (Wildman–Crippen LogP) is 4.61. The Morgan fingerprint density at radius 2 is 1.77 bits per heavy atom. The molecule has 1 aliphatic heterocycles. The molecule has 2 amide bonds. The minimum absolute atomic E-state index is 0.0784. The first kappa shape index (κ1) is 22.8. The molecule has 166 valence electrons. The lowest BCUT2D eigenvalue weighted by atomic mass is 9.87. The average Bonchev–Trinajstić information content (AvgIpc) is 3.18. The van der Waals surface area contributed by atoms with Crippen LogP contribution in [0.4, 0.5) is 13.2 Å². The van der Waals surface area contributed by atoms with Gasteiger partial charge in [0.05, 0.1) is 11.5 Å². The second-order valence-corrected chi connectivity index (χ2v) is 8.44. The van der Waals surface area contributed by atoms with Crippen molar-refractivity contribution in [1.29, 1.82) is 0 Å². The van der Waals surface area contributed by atoms with Crippen molar-refractivity contribution >= 4 is 11.8 Å². The molecule has 0 bridgehead atoms. The number of halogens is 3. The molecule has 2 aromatic rings. The van der Waals surface area contributed by atoms with E-state index >= 15 is 0 Å². The molecule has 0 spiro atoms. The van der Waals surface area contributed by atoms with E-state index in [1.807, 2.05) is 44.2 Å². The van der Waals surface area contributed by atoms with E-state index in [4.69, 9.17) is 0 Å². The van der Waals surface area contributed by atoms with Crippen molar-refractivity contribution in [3.63, 3.8) is 0 Å². The molecule has 3 rings (SSSR count). The molecule has 0 radical (unpaired) electrons. The van der Waals surface area contributed by atoms with E-state index in [9.17, 15) is 22.8 Å². The third-order valence-electron chi connectivity index (χ3n) is 5.54. The van der Waals surface area contributed by atoms with Gasteiger partial charge in [0, 0.05) is 32.0 Å². The number of hydrogen-bond acceptors (Lipinski definition) is 2. The summed E-state index contributed by atoms with van der Waals surface area (Å²) in [6.45, 7) is 4.62. The predicted molar refractivity (Wildman–Crippen MR) is 112 cm³/mol. The summed E-state index contributed by atoms with van der Waals surface area (Å²) in [6, 6.07) is 14.5. The molecule has 2 atom stereocenters. The van der Waals surface area contributed by atoms with Crippen LogP contribution in [0.2, 0.25) is 0 Å². The first-order valence-corrected chi connectivity index (χ1v) is 10.4. The Morgan fingerprint density at radius 3 is 2.42 bits per heavy atom. The first-order chi connectivity index (χ1) is 14.6. The standard InChI is InChI=1S/C24H27F3N2O2/c1-16(2)11-22(30)29-14-20(18-9-6-10-19(12-18)24(25,26)27)21(15-29)23(31)28-13-17-7-4-3-5-8-17/h3-10,12,16,20-21H,11,13-15H2,1-2H3,(H,28,31). The topological polar surface area (TPSA) is 49.4 Å². The van der Waals surface area contributed by atoms with E-state index in [2.05, 4.69) is 5.32 Å². The Kier molecular flexibility index (Phi) is 7.03. The van der Waals surface area contributed by atoms with Crippen molar-refractivity contribution in [1.82, 2.24) is 10.2 Å². The molecule has 4 nitrogen and oxygen atoms in total. The summed E-state index contributed by atoms with van der Waals surface area (Å²) in [5.41, 5.74) is 0.604. The molecular weight excluding hydrogens is 405 g/mol. The van der Waals surface area contributed by atoms with E-state index in [1.165, 1.54) is 6.07 Å². The van der Waals surface area contributed by atoms with Crippen LogP contribution in [-0.4, -0.2) is 29.8 Å². The Morgan fingerprint density at radius 1 is 1.06 bits per heavy atom. The van der Waals surface area contributed by atoms with Gasteiger partial charge in [-0.25, -0.2) is 0 Å². The number of nitrogens with one attached hydrogen (secondary N) is 1. The Labute approximate surface area is 180 Å². The maximum atomic E-state index is 13.2. The van der Waals surface area contributed by atoms with Crippen LogP contribution in [0.25, 0.3) is 0 Å². The molecular formula is C24H27F3N2O2. The summed E-state index contributed by atoms with van der Waals surface area (Å²) in [4.78, 5) is 27.2. The van der Waals surface area contributed by atoms with E-state index in [1.54, 1.807) is 11.0 Å². The SMILES string of the molecule is CC(C)CC(=O)N1CC(C(=O)NCc2ccccc2)C(c2cccc(C(F)(F)F)c2)C1. The lowest BCUT2D eigenvalue weighted by molar-refractivity contribution is -0.137. The maximum absolute atomic E-state index is 13.2. The van der Waals surface area contributed by atoms with Crippen molar-refractivity contribution < 1.29 is 22.8 Å².